The van der Waals surface area contributed by atoms with Gasteiger partial charge >= 0.3 is 0 Å². The van der Waals surface area contributed by atoms with Crippen molar-refractivity contribution < 1.29 is 9.53 Å². The van der Waals surface area contributed by atoms with Crippen molar-refractivity contribution in [3.63, 3.8) is 0 Å². The Morgan fingerprint density at radius 2 is 1.69 bits per heavy atom. The highest BCUT2D eigenvalue weighted by atomic mass is 35.5. The number of nitriles is 1. The minimum absolute atomic E-state index is 0.0929. The smallest absolute Gasteiger partial charge is 0.266 e. The summed E-state index contributed by atoms with van der Waals surface area (Å²) in [5, 5.41) is 13.8. The molecule has 162 valence electrons. The Morgan fingerprint density at radius 3 is 2.34 bits per heavy atom. The van der Waals surface area contributed by atoms with Crippen molar-refractivity contribution in [3.05, 3.63) is 97.0 Å². The molecule has 0 heterocycles. The van der Waals surface area contributed by atoms with E-state index in [0.717, 1.165) is 5.56 Å². The van der Waals surface area contributed by atoms with Crippen LogP contribution in [-0.2, 0) is 11.4 Å². The van der Waals surface area contributed by atoms with Crippen LogP contribution < -0.4 is 10.1 Å². The second-order valence-corrected chi connectivity index (χ2v) is 8.51. The maximum Gasteiger partial charge on any atom is 0.266 e. The van der Waals surface area contributed by atoms with Crippen molar-refractivity contribution in [2.45, 2.75) is 13.5 Å². The maximum absolute atomic E-state index is 12.6. The van der Waals surface area contributed by atoms with Crippen molar-refractivity contribution in [1.29, 1.82) is 5.26 Å². The van der Waals surface area contributed by atoms with Gasteiger partial charge in [0.15, 0.2) is 0 Å². The molecule has 3 aromatic rings. The molecule has 32 heavy (non-hydrogen) atoms. The minimum atomic E-state index is -0.570. The summed E-state index contributed by atoms with van der Waals surface area (Å²) >= 11 is 24.6. The first-order valence-electron chi connectivity index (χ1n) is 9.32. The van der Waals surface area contributed by atoms with Crippen molar-refractivity contribution in [1.82, 2.24) is 0 Å². The van der Waals surface area contributed by atoms with E-state index in [0.29, 0.717) is 31.9 Å². The first-order chi connectivity index (χ1) is 15.3. The third kappa shape index (κ3) is 6.18. The SMILES string of the molecule is Cc1ccc(NC(=O)/C(C#N)=C/c2cc(Cl)cc(Cl)c2OCc2ccc(Cl)cc2Cl)cc1. The van der Waals surface area contributed by atoms with Gasteiger partial charge in [0.1, 0.15) is 24.0 Å². The lowest BCUT2D eigenvalue weighted by molar-refractivity contribution is -0.112. The second kappa shape index (κ2) is 10.8. The number of carbonyl (C=O) groups is 1. The fourth-order valence-corrected chi connectivity index (χ4v) is 3.79. The Morgan fingerprint density at radius 1 is 1.00 bits per heavy atom. The molecular formula is C24H16Cl4N2O2. The van der Waals surface area contributed by atoms with Crippen LogP contribution in [0.2, 0.25) is 20.1 Å². The van der Waals surface area contributed by atoms with Crippen molar-refractivity contribution in [2.75, 3.05) is 5.32 Å². The van der Waals surface area contributed by atoms with E-state index in [1.807, 2.05) is 25.1 Å². The number of hydrogen-bond donors (Lipinski definition) is 1. The first-order valence-corrected chi connectivity index (χ1v) is 10.8. The van der Waals surface area contributed by atoms with Gasteiger partial charge in [-0.2, -0.15) is 5.26 Å². The van der Waals surface area contributed by atoms with Crippen LogP contribution >= 0.6 is 46.4 Å². The van der Waals surface area contributed by atoms with Crippen LogP contribution in [0.15, 0.2) is 60.2 Å². The van der Waals surface area contributed by atoms with E-state index in [-0.39, 0.29) is 23.0 Å². The zero-order valence-electron chi connectivity index (χ0n) is 16.8. The molecule has 0 aliphatic rings. The van der Waals surface area contributed by atoms with E-state index in [1.54, 1.807) is 36.4 Å². The number of nitrogens with one attached hydrogen (secondary N) is 1. The summed E-state index contributed by atoms with van der Waals surface area (Å²) in [5.41, 5.74) is 2.55. The molecule has 0 aliphatic heterocycles. The number of aryl methyl sites for hydroxylation is 1. The highest BCUT2D eigenvalue weighted by Gasteiger charge is 2.15. The molecule has 3 aromatic carbocycles. The fraction of sp³-hybridized carbons (Fsp3) is 0.0833. The molecule has 1 N–H and O–H groups in total. The number of hydrogen-bond acceptors (Lipinski definition) is 3. The molecule has 0 aromatic heterocycles. The van der Waals surface area contributed by atoms with Gasteiger partial charge in [-0.15, -0.1) is 0 Å². The van der Waals surface area contributed by atoms with Crippen LogP contribution in [-0.4, -0.2) is 5.91 Å². The summed E-state index contributed by atoms with van der Waals surface area (Å²) < 4.78 is 5.88. The van der Waals surface area contributed by atoms with Gasteiger partial charge in [-0.3, -0.25) is 4.79 Å². The molecule has 0 atom stereocenters. The van der Waals surface area contributed by atoms with Crippen molar-refractivity contribution in [2.24, 2.45) is 0 Å². The average molecular weight is 506 g/mol. The van der Waals surface area contributed by atoms with Crippen LogP contribution in [0.4, 0.5) is 5.69 Å². The number of rotatable bonds is 6. The average Bonchev–Trinajstić information content (AvgIpc) is 2.74. The molecular weight excluding hydrogens is 490 g/mol. The summed E-state index contributed by atoms with van der Waals surface area (Å²) in [6.45, 7) is 2.03. The van der Waals surface area contributed by atoms with Gasteiger partial charge in [-0.1, -0.05) is 70.2 Å². The molecule has 0 spiro atoms. The number of carbonyl (C=O) groups excluding carboxylic acids is 1. The Bertz CT molecular complexity index is 1230. The number of amides is 1. The largest absolute Gasteiger partial charge is 0.487 e. The quantitative estimate of drug-likeness (QED) is 0.275. The number of ether oxygens (including phenoxy) is 1. The predicted octanol–water partition coefficient (Wildman–Crippen LogP) is 7.73. The van der Waals surface area contributed by atoms with Gasteiger partial charge in [0.05, 0.1) is 5.02 Å². The maximum atomic E-state index is 12.6. The summed E-state index contributed by atoms with van der Waals surface area (Å²) in [6.07, 6.45) is 1.38. The minimum Gasteiger partial charge on any atom is -0.487 e. The summed E-state index contributed by atoms with van der Waals surface area (Å²) in [4.78, 5) is 12.6. The van der Waals surface area contributed by atoms with Gasteiger partial charge in [-0.05, 0) is 49.4 Å². The standard InChI is InChI=1S/C24H16Cl4N2O2/c1-14-2-6-20(7-3-14)30-24(31)17(12-29)8-16-9-19(26)11-22(28)23(16)32-13-15-4-5-18(25)10-21(15)27/h2-11H,13H2,1H3,(H,30,31)/b17-8+. The lowest BCUT2D eigenvalue weighted by Gasteiger charge is -2.13. The molecule has 0 radical (unpaired) electrons. The highest BCUT2D eigenvalue weighted by molar-refractivity contribution is 6.36. The van der Waals surface area contributed by atoms with Gasteiger partial charge in [-0.25, -0.2) is 0 Å². The normalized spacial score (nSPS) is 11.1. The molecule has 0 aliphatic carbocycles. The van der Waals surface area contributed by atoms with Crippen LogP contribution in [0.1, 0.15) is 16.7 Å². The molecule has 0 saturated carbocycles. The molecule has 0 bridgehead atoms. The third-order valence-corrected chi connectivity index (χ3v) is 5.48. The lowest BCUT2D eigenvalue weighted by atomic mass is 10.1. The second-order valence-electron chi connectivity index (χ2n) is 6.82. The van der Waals surface area contributed by atoms with E-state index >= 15 is 0 Å². The van der Waals surface area contributed by atoms with Gasteiger partial charge in [0.2, 0.25) is 0 Å². The highest BCUT2D eigenvalue weighted by Crippen LogP contribution is 2.35. The summed E-state index contributed by atoms with van der Waals surface area (Å²) in [7, 11) is 0. The predicted molar refractivity (Wildman–Crippen MR) is 131 cm³/mol. The zero-order chi connectivity index (χ0) is 23.3. The van der Waals surface area contributed by atoms with Crippen LogP contribution in [0, 0.1) is 18.3 Å². The Balaban J connectivity index is 1.89. The van der Waals surface area contributed by atoms with Crippen LogP contribution in [0.3, 0.4) is 0 Å². The molecule has 0 fully saturated rings. The van der Waals surface area contributed by atoms with E-state index < -0.39 is 5.91 Å². The van der Waals surface area contributed by atoms with Crippen molar-refractivity contribution >= 4 is 64.1 Å². The monoisotopic (exact) mass is 504 g/mol. The molecule has 8 heteroatoms. The number of benzene rings is 3. The number of anilines is 1. The number of nitrogens with zero attached hydrogens (tertiary/aromatic N) is 1. The molecule has 0 unspecified atom stereocenters. The molecule has 1 amide bonds. The van der Waals surface area contributed by atoms with Gasteiger partial charge in [0.25, 0.3) is 5.91 Å². The summed E-state index contributed by atoms with van der Waals surface area (Å²) in [5.74, 6) is -0.308. The fourth-order valence-electron chi connectivity index (χ4n) is 2.77. The zero-order valence-corrected chi connectivity index (χ0v) is 19.8. The number of halogens is 4. The molecule has 3 rings (SSSR count). The van der Waals surface area contributed by atoms with Crippen LogP contribution in [0.5, 0.6) is 5.75 Å². The van der Waals surface area contributed by atoms with Gasteiger partial charge in [0, 0.05) is 31.9 Å². The van der Waals surface area contributed by atoms with Gasteiger partial charge < -0.3 is 10.1 Å². The Kier molecular flexibility index (Phi) is 8.06. The molecule has 0 saturated heterocycles. The summed E-state index contributed by atoms with van der Waals surface area (Å²) in [6, 6.07) is 17.2. The van der Waals surface area contributed by atoms with E-state index in [4.69, 9.17) is 51.1 Å². The Labute approximate surface area is 205 Å². The van der Waals surface area contributed by atoms with Crippen molar-refractivity contribution in [3.8, 4) is 11.8 Å². The lowest BCUT2D eigenvalue weighted by Crippen LogP contribution is -2.13. The molecule has 4 nitrogen and oxygen atoms in total. The topological polar surface area (TPSA) is 62.1 Å². The van der Waals surface area contributed by atoms with E-state index in [9.17, 15) is 10.1 Å². The Hall–Kier alpha value is -2.68. The van der Waals surface area contributed by atoms with E-state index in [2.05, 4.69) is 5.32 Å². The van der Waals surface area contributed by atoms with Crippen LogP contribution in [0.25, 0.3) is 6.08 Å². The van der Waals surface area contributed by atoms with E-state index in [1.165, 1.54) is 12.1 Å². The first kappa shape index (κ1) is 24.0. The third-order valence-electron chi connectivity index (χ3n) is 4.40.